The number of rotatable bonds is 7. The van der Waals surface area contributed by atoms with E-state index in [4.69, 9.17) is 9.47 Å². The van der Waals surface area contributed by atoms with Gasteiger partial charge in [0.05, 0.1) is 0 Å². The molecule has 1 aromatic heterocycles. The Morgan fingerprint density at radius 1 is 1.06 bits per heavy atom. The van der Waals surface area contributed by atoms with E-state index < -0.39 is 15.6 Å². The topological polar surface area (TPSA) is 84.0 Å². The first-order valence-electron chi connectivity index (χ1n) is 10.6. The number of fused-ring (bicyclic) bond motifs is 1. The van der Waals surface area contributed by atoms with Crippen molar-refractivity contribution in [3.8, 4) is 11.5 Å². The number of ether oxygens (including phenoxy) is 2. The van der Waals surface area contributed by atoms with Gasteiger partial charge in [0.2, 0.25) is 16.8 Å². The summed E-state index contributed by atoms with van der Waals surface area (Å²) in [6.07, 6.45) is 2.15. The number of nitrogens with one attached hydrogen (secondary N) is 1. The van der Waals surface area contributed by atoms with Crippen molar-refractivity contribution in [2.45, 2.75) is 44.2 Å². The summed E-state index contributed by atoms with van der Waals surface area (Å²) in [5, 5.41) is 0. The second kappa shape index (κ2) is 8.64. The highest BCUT2D eigenvalue weighted by atomic mass is 32.2. The third kappa shape index (κ3) is 5.11. The Morgan fingerprint density at radius 3 is 2.48 bits per heavy atom. The second-order valence-corrected chi connectivity index (χ2v) is 10.3. The minimum atomic E-state index is -3.58. The summed E-state index contributed by atoms with van der Waals surface area (Å²) in [5.41, 5.74) is 0.708. The average molecular weight is 447 g/mol. The van der Waals surface area contributed by atoms with Crippen LogP contribution in [0.25, 0.3) is 0 Å². The van der Waals surface area contributed by atoms with E-state index in [1.165, 1.54) is 11.8 Å². The molecule has 1 aromatic carbocycles. The Kier molecular flexibility index (Phi) is 6.09. The van der Waals surface area contributed by atoms with Crippen LogP contribution in [0.4, 0.5) is 5.82 Å². The van der Waals surface area contributed by atoms with Crippen molar-refractivity contribution in [1.29, 1.82) is 0 Å². The number of piperazine rings is 1. The van der Waals surface area contributed by atoms with Crippen LogP contribution in [0.15, 0.2) is 41.4 Å². The van der Waals surface area contributed by atoms with Crippen LogP contribution in [0.5, 0.6) is 11.5 Å². The predicted octanol–water partition coefficient (Wildman–Crippen LogP) is 2.60. The van der Waals surface area contributed by atoms with E-state index in [2.05, 4.69) is 25.6 Å². The van der Waals surface area contributed by atoms with Crippen molar-refractivity contribution in [1.82, 2.24) is 14.6 Å². The molecule has 31 heavy (non-hydrogen) atoms. The average Bonchev–Trinajstić information content (AvgIpc) is 3.22. The number of pyridine rings is 1. The van der Waals surface area contributed by atoms with E-state index in [0.717, 1.165) is 50.0 Å². The van der Waals surface area contributed by atoms with Crippen LogP contribution in [-0.2, 0) is 16.6 Å². The molecule has 168 valence electrons. The smallest absolute Gasteiger partial charge is 0.242 e. The molecule has 0 aliphatic carbocycles. The highest BCUT2D eigenvalue weighted by molar-refractivity contribution is 7.89. The fourth-order valence-electron chi connectivity index (χ4n) is 3.65. The SMILES string of the molecule is CCC(C)(C)NS(=O)(=O)c1ccc(N2CCN(Cc3ccc4c(c3)OCO4)CC2)nc1. The lowest BCUT2D eigenvalue weighted by Gasteiger charge is -2.35. The molecule has 0 unspecified atom stereocenters. The van der Waals surface area contributed by atoms with Gasteiger partial charge >= 0.3 is 0 Å². The van der Waals surface area contributed by atoms with Gasteiger partial charge in [0.1, 0.15) is 10.7 Å². The standard InChI is InChI=1S/C22H30N4O4S/c1-4-22(2,3)24-31(27,28)18-6-8-21(23-14-18)26-11-9-25(10-12-26)15-17-5-7-19-20(13-17)30-16-29-19/h5-8,13-14,24H,4,9-12,15-16H2,1-3H3. The van der Waals surface area contributed by atoms with Gasteiger partial charge < -0.3 is 14.4 Å². The molecule has 1 N–H and O–H groups in total. The normalized spacial score (nSPS) is 17.2. The minimum Gasteiger partial charge on any atom is -0.454 e. The van der Waals surface area contributed by atoms with E-state index in [1.54, 1.807) is 12.1 Å². The third-order valence-corrected chi connectivity index (χ3v) is 7.55. The summed E-state index contributed by atoms with van der Waals surface area (Å²) >= 11 is 0. The van der Waals surface area contributed by atoms with Crippen LogP contribution in [0, 0.1) is 0 Å². The molecule has 2 aliphatic heterocycles. The van der Waals surface area contributed by atoms with Crippen LogP contribution in [-0.4, -0.2) is 56.8 Å². The van der Waals surface area contributed by atoms with E-state index in [9.17, 15) is 8.42 Å². The molecule has 0 amide bonds. The fraction of sp³-hybridized carbons (Fsp3) is 0.500. The zero-order valence-corrected chi connectivity index (χ0v) is 19.1. The van der Waals surface area contributed by atoms with Gasteiger partial charge in [0.15, 0.2) is 11.5 Å². The Hall–Kier alpha value is -2.36. The first-order chi connectivity index (χ1) is 14.8. The molecule has 4 rings (SSSR count). The van der Waals surface area contributed by atoms with Crippen molar-refractivity contribution in [3.63, 3.8) is 0 Å². The molecule has 2 aromatic rings. The maximum absolute atomic E-state index is 12.6. The van der Waals surface area contributed by atoms with E-state index in [0.29, 0.717) is 6.42 Å². The zero-order valence-electron chi connectivity index (χ0n) is 18.3. The number of sulfonamides is 1. The van der Waals surface area contributed by atoms with E-state index in [-0.39, 0.29) is 11.7 Å². The van der Waals surface area contributed by atoms with Crippen molar-refractivity contribution >= 4 is 15.8 Å². The monoisotopic (exact) mass is 446 g/mol. The number of hydrogen-bond acceptors (Lipinski definition) is 7. The molecule has 1 fully saturated rings. The fourth-order valence-corrected chi connectivity index (χ4v) is 5.07. The summed E-state index contributed by atoms with van der Waals surface area (Å²) < 4.78 is 38.8. The largest absolute Gasteiger partial charge is 0.454 e. The maximum atomic E-state index is 12.6. The Bertz CT molecular complexity index is 1020. The molecule has 0 radical (unpaired) electrons. The van der Waals surface area contributed by atoms with Crippen molar-refractivity contribution in [2.24, 2.45) is 0 Å². The van der Waals surface area contributed by atoms with Gasteiger partial charge in [-0.2, -0.15) is 0 Å². The summed E-state index contributed by atoms with van der Waals surface area (Å²) in [6.45, 7) is 10.3. The van der Waals surface area contributed by atoms with Gasteiger partial charge in [0, 0.05) is 44.5 Å². The van der Waals surface area contributed by atoms with Gasteiger partial charge in [-0.25, -0.2) is 18.1 Å². The Balaban J connectivity index is 1.33. The van der Waals surface area contributed by atoms with Crippen LogP contribution in [0.1, 0.15) is 32.8 Å². The maximum Gasteiger partial charge on any atom is 0.242 e. The second-order valence-electron chi connectivity index (χ2n) is 8.65. The molecule has 0 atom stereocenters. The lowest BCUT2D eigenvalue weighted by atomic mass is 10.0. The molecule has 1 saturated heterocycles. The highest BCUT2D eigenvalue weighted by Crippen LogP contribution is 2.33. The molecule has 0 bridgehead atoms. The van der Waals surface area contributed by atoms with Crippen molar-refractivity contribution in [3.05, 3.63) is 42.1 Å². The predicted molar refractivity (Wildman–Crippen MR) is 119 cm³/mol. The third-order valence-electron chi connectivity index (χ3n) is 5.87. The van der Waals surface area contributed by atoms with Crippen LogP contribution < -0.4 is 19.1 Å². The molecule has 0 spiro atoms. The van der Waals surface area contributed by atoms with Gasteiger partial charge in [-0.15, -0.1) is 0 Å². The number of anilines is 1. The highest BCUT2D eigenvalue weighted by Gasteiger charge is 2.25. The minimum absolute atomic E-state index is 0.194. The quantitative estimate of drug-likeness (QED) is 0.700. The first kappa shape index (κ1) is 21.9. The molecule has 2 aliphatic rings. The summed E-state index contributed by atoms with van der Waals surface area (Å²) in [4.78, 5) is 9.21. The van der Waals surface area contributed by atoms with E-state index in [1.807, 2.05) is 32.9 Å². The van der Waals surface area contributed by atoms with E-state index >= 15 is 0 Å². The van der Waals surface area contributed by atoms with Gasteiger partial charge in [-0.3, -0.25) is 4.90 Å². The lowest BCUT2D eigenvalue weighted by molar-refractivity contribution is 0.174. The first-order valence-corrected chi connectivity index (χ1v) is 12.1. The lowest BCUT2D eigenvalue weighted by Crippen LogP contribution is -2.46. The zero-order chi connectivity index (χ0) is 22.1. The molecule has 3 heterocycles. The Labute approximate surface area is 184 Å². The molecular formula is C22H30N4O4S. The summed E-state index contributed by atoms with van der Waals surface area (Å²) in [6, 6.07) is 9.51. The Morgan fingerprint density at radius 2 is 1.81 bits per heavy atom. The number of benzene rings is 1. The number of hydrogen-bond donors (Lipinski definition) is 1. The van der Waals surface area contributed by atoms with Gasteiger partial charge in [-0.05, 0) is 50.1 Å². The van der Waals surface area contributed by atoms with Gasteiger partial charge in [0.25, 0.3) is 0 Å². The summed E-state index contributed by atoms with van der Waals surface area (Å²) in [5.74, 6) is 2.42. The molecule has 0 saturated carbocycles. The van der Waals surface area contributed by atoms with Crippen molar-refractivity contribution < 1.29 is 17.9 Å². The summed E-state index contributed by atoms with van der Waals surface area (Å²) in [7, 11) is -3.58. The molecular weight excluding hydrogens is 416 g/mol. The molecule has 8 nitrogen and oxygen atoms in total. The number of nitrogens with zero attached hydrogens (tertiary/aromatic N) is 3. The van der Waals surface area contributed by atoms with Crippen LogP contribution in [0.3, 0.4) is 0 Å². The van der Waals surface area contributed by atoms with Crippen LogP contribution in [0.2, 0.25) is 0 Å². The van der Waals surface area contributed by atoms with Crippen molar-refractivity contribution in [2.75, 3.05) is 37.9 Å². The van der Waals surface area contributed by atoms with Gasteiger partial charge in [-0.1, -0.05) is 13.0 Å². The van der Waals surface area contributed by atoms with Crippen LogP contribution >= 0.6 is 0 Å². The molecule has 9 heteroatoms. The number of aromatic nitrogens is 1.